The summed E-state index contributed by atoms with van der Waals surface area (Å²) in [5, 5.41) is 0. The van der Waals surface area contributed by atoms with Crippen LogP contribution >= 0.6 is 0 Å². The standard InChI is InChI=1S/C9H12F2N2/c1-7-2-5-13-8(6-7)9(10,11)3-4-12/h2,5-6H,3-4,12H2,1H3. The fraction of sp³-hybridized carbons (Fsp3) is 0.444. The topological polar surface area (TPSA) is 38.9 Å². The Hall–Kier alpha value is -1.03. The van der Waals surface area contributed by atoms with Crippen molar-refractivity contribution < 1.29 is 8.78 Å². The third kappa shape index (κ3) is 2.45. The molecule has 0 saturated carbocycles. The summed E-state index contributed by atoms with van der Waals surface area (Å²) in [4.78, 5) is 3.62. The molecule has 2 nitrogen and oxygen atoms in total. The van der Waals surface area contributed by atoms with Crippen LogP contribution in [-0.2, 0) is 5.92 Å². The lowest BCUT2D eigenvalue weighted by atomic mass is 10.1. The Morgan fingerprint density at radius 3 is 2.77 bits per heavy atom. The lowest BCUT2D eigenvalue weighted by molar-refractivity contribution is -0.0152. The molecule has 0 spiro atoms. The summed E-state index contributed by atoms with van der Waals surface area (Å²) in [6.07, 6.45) is 1.03. The van der Waals surface area contributed by atoms with E-state index in [4.69, 9.17) is 5.73 Å². The third-order valence-electron chi connectivity index (χ3n) is 1.75. The predicted octanol–water partition coefficient (Wildman–Crippen LogP) is 1.83. The molecule has 0 radical (unpaired) electrons. The fourth-order valence-corrected chi connectivity index (χ4v) is 1.05. The van der Waals surface area contributed by atoms with Gasteiger partial charge in [-0.25, -0.2) is 0 Å². The molecular formula is C9H12F2N2. The first-order chi connectivity index (χ1) is 6.06. The van der Waals surface area contributed by atoms with Gasteiger partial charge in [0.25, 0.3) is 5.92 Å². The summed E-state index contributed by atoms with van der Waals surface area (Å²) in [6.45, 7) is 1.71. The molecule has 0 unspecified atom stereocenters. The molecule has 0 atom stereocenters. The van der Waals surface area contributed by atoms with Gasteiger partial charge in [0.05, 0.1) is 0 Å². The van der Waals surface area contributed by atoms with Crippen molar-refractivity contribution in [1.29, 1.82) is 0 Å². The van der Waals surface area contributed by atoms with E-state index < -0.39 is 5.92 Å². The summed E-state index contributed by atoms with van der Waals surface area (Å²) in [5.74, 6) is -2.90. The highest BCUT2D eigenvalue weighted by atomic mass is 19.3. The van der Waals surface area contributed by atoms with Crippen LogP contribution in [0.15, 0.2) is 18.3 Å². The molecule has 1 aromatic rings. The molecule has 0 aliphatic rings. The van der Waals surface area contributed by atoms with Gasteiger partial charge >= 0.3 is 0 Å². The molecule has 0 bridgehead atoms. The van der Waals surface area contributed by atoms with Crippen molar-refractivity contribution in [1.82, 2.24) is 4.98 Å². The molecule has 1 heterocycles. The van der Waals surface area contributed by atoms with Crippen LogP contribution in [0, 0.1) is 6.92 Å². The molecule has 0 saturated heterocycles. The normalized spacial score (nSPS) is 11.7. The summed E-state index contributed by atoms with van der Waals surface area (Å²) < 4.78 is 26.4. The minimum absolute atomic E-state index is 0.0391. The Morgan fingerprint density at radius 1 is 1.54 bits per heavy atom. The molecule has 0 aromatic carbocycles. The molecule has 4 heteroatoms. The number of alkyl halides is 2. The second kappa shape index (κ2) is 3.79. The van der Waals surface area contributed by atoms with Crippen molar-refractivity contribution in [2.45, 2.75) is 19.3 Å². The number of aryl methyl sites for hydroxylation is 1. The molecule has 0 aliphatic heterocycles. The average Bonchev–Trinajstić information content (AvgIpc) is 2.04. The Kier molecular flexibility index (Phi) is 2.93. The van der Waals surface area contributed by atoms with Crippen molar-refractivity contribution in [3.8, 4) is 0 Å². The molecule has 1 rings (SSSR count). The Balaban J connectivity index is 2.93. The zero-order valence-electron chi connectivity index (χ0n) is 7.43. The molecular weight excluding hydrogens is 174 g/mol. The Labute approximate surface area is 75.8 Å². The van der Waals surface area contributed by atoms with Gasteiger partial charge in [-0.15, -0.1) is 0 Å². The number of rotatable bonds is 3. The first-order valence-electron chi connectivity index (χ1n) is 4.07. The van der Waals surface area contributed by atoms with Crippen LogP contribution in [0.3, 0.4) is 0 Å². The average molecular weight is 186 g/mol. The van der Waals surface area contributed by atoms with Crippen LogP contribution in [-0.4, -0.2) is 11.5 Å². The summed E-state index contributed by atoms with van der Waals surface area (Å²) in [5.41, 5.74) is 5.67. The van der Waals surface area contributed by atoms with E-state index in [1.165, 1.54) is 12.3 Å². The van der Waals surface area contributed by atoms with Crippen LogP contribution in [0.5, 0.6) is 0 Å². The molecule has 72 valence electrons. The highest BCUT2D eigenvalue weighted by Crippen LogP contribution is 2.29. The first-order valence-corrected chi connectivity index (χ1v) is 4.07. The van der Waals surface area contributed by atoms with E-state index in [0.29, 0.717) is 0 Å². The van der Waals surface area contributed by atoms with Gasteiger partial charge in [0.1, 0.15) is 5.69 Å². The van der Waals surface area contributed by atoms with Crippen LogP contribution in [0.2, 0.25) is 0 Å². The molecule has 0 aliphatic carbocycles. The minimum atomic E-state index is -2.90. The molecule has 0 fully saturated rings. The number of hydrogen-bond acceptors (Lipinski definition) is 2. The second-order valence-corrected chi connectivity index (χ2v) is 2.96. The van der Waals surface area contributed by atoms with E-state index in [2.05, 4.69) is 4.98 Å². The molecule has 13 heavy (non-hydrogen) atoms. The Bertz CT molecular complexity index is 287. The van der Waals surface area contributed by atoms with E-state index in [1.54, 1.807) is 13.0 Å². The summed E-state index contributed by atoms with van der Waals surface area (Å²) >= 11 is 0. The van der Waals surface area contributed by atoms with Crippen molar-refractivity contribution in [2.24, 2.45) is 5.73 Å². The van der Waals surface area contributed by atoms with Gasteiger partial charge in [0, 0.05) is 12.6 Å². The van der Waals surface area contributed by atoms with Gasteiger partial charge in [0.2, 0.25) is 0 Å². The van der Waals surface area contributed by atoms with Gasteiger partial charge in [-0.1, -0.05) is 0 Å². The maximum atomic E-state index is 13.2. The fourth-order valence-electron chi connectivity index (χ4n) is 1.05. The molecule has 1 aromatic heterocycles. The van der Waals surface area contributed by atoms with Gasteiger partial charge in [0.15, 0.2) is 0 Å². The number of pyridine rings is 1. The van der Waals surface area contributed by atoms with E-state index in [1.807, 2.05) is 0 Å². The van der Waals surface area contributed by atoms with E-state index in [0.717, 1.165) is 5.56 Å². The zero-order chi connectivity index (χ0) is 9.90. The summed E-state index contributed by atoms with van der Waals surface area (Å²) in [6, 6.07) is 3.07. The smallest absolute Gasteiger partial charge is 0.290 e. The van der Waals surface area contributed by atoms with Gasteiger partial charge < -0.3 is 5.73 Å². The number of nitrogens with two attached hydrogens (primary N) is 1. The van der Waals surface area contributed by atoms with E-state index in [-0.39, 0.29) is 18.7 Å². The lowest BCUT2D eigenvalue weighted by Crippen LogP contribution is -2.20. The number of nitrogens with zero attached hydrogens (tertiary/aromatic N) is 1. The monoisotopic (exact) mass is 186 g/mol. The lowest BCUT2D eigenvalue weighted by Gasteiger charge is -2.14. The van der Waals surface area contributed by atoms with Crippen molar-refractivity contribution >= 4 is 0 Å². The molecule has 2 N–H and O–H groups in total. The third-order valence-corrected chi connectivity index (χ3v) is 1.75. The van der Waals surface area contributed by atoms with Gasteiger partial charge in [-0.3, -0.25) is 4.98 Å². The maximum Gasteiger partial charge on any atom is 0.290 e. The highest BCUT2D eigenvalue weighted by Gasteiger charge is 2.31. The SMILES string of the molecule is Cc1ccnc(C(F)(F)CCN)c1. The second-order valence-electron chi connectivity index (χ2n) is 2.96. The Morgan fingerprint density at radius 2 is 2.23 bits per heavy atom. The van der Waals surface area contributed by atoms with E-state index in [9.17, 15) is 8.78 Å². The zero-order valence-corrected chi connectivity index (χ0v) is 7.43. The maximum absolute atomic E-state index is 13.2. The van der Waals surface area contributed by atoms with E-state index >= 15 is 0 Å². The first kappa shape index (κ1) is 10.1. The van der Waals surface area contributed by atoms with Crippen LogP contribution in [0.4, 0.5) is 8.78 Å². The van der Waals surface area contributed by atoms with Crippen molar-refractivity contribution in [2.75, 3.05) is 6.54 Å². The highest BCUT2D eigenvalue weighted by molar-refractivity contribution is 5.17. The summed E-state index contributed by atoms with van der Waals surface area (Å²) in [7, 11) is 0. The van der Waals surface area contributed by atoms with Gasteiger partial charge in [-0.2, -0.15) is 8.78 Å². The van der Waals surface area contributed by atoms with Crippen LogP contribution in [0.1, 0.15) is 17.7 Å². The van der Waals surface area contributed by atoms with Crippen LogP contribution in [0.25, 0.3) is 0 Å². The number of aromatic nitrogens is 1. The number of halogens is 2. The van der Waals surface area contributed by atoms with Crippen LogP contribution < -0.4 is 5.73 Å². The number of hydrogen-bond donors (Lipinski definition) is 1. The van der Waals surface area contributed by atoms with Gasteiger partial charge in [-0.05, 0) is 31.2 Å². The molecule has 0 amide bonds. The largest absolute Gasteiger partial charge is 0.330 e. The predicted molar refractivity (Wildman–Crippen MR) is 46.5 cm³/mol. The van der Waals surface area contributed by atoms with Crippen molar-refractivity contribution in [3.63, 3.8) is 0 Å². The quantitative estimate of drug-likeness (QED) is 0.782. The van der Waals surface area contributed by atoms with Crippen molar-refractivity contribution in [3.05, 3.63) is 29.6 Å². The minimum Gasteiger partial charge on any atom is -0.330 e.